The highest BCUT2D eigenvalue weighted by Gasteiger charge is 2.16. The highest BCUT2D eigenvalue weighted by Crippen LogP contribution is 2.30. The van der Waals surface area contributed by atoms with E-state index in [2.05, 4.69) is 37.3 Å². The van der Waals surface area contributed by atoms with Gasteiger partial charge in [0.25, 0.3) is 0 Å². The molecule has 0 aliphatic rings. The van der Waals surface area contributed by atoms with Gasteiger partial charge in [-0.25, -0.2) is 0 Å². The molecular formula is C15H22ClN3S. The first-order chi connectivity index (χ1) is 9.52. The number of halogens is 1. The summed E-state index contributed by atoms with van der Waals surface area (Å²) in [5.41, 5.74) is 3.78. The van der Waals surface area contributed by atoms with Crippen molar-refractivity contribution in [1.29, 1.82) is 0 Å². The van der Waals surface area contributed by atoms with E-state index >= 15 is 0 Å². The van der Waals surface area contributed by atoms with Crippen LogP contribution in [-0.2, 0) is 13.5 Å². The smallest absolute Gasteiger partial charge is 0.0931 e. The number of hydrogen-bond acceptors (Lipinski definition) is 3. The maximum absolute atomic E-state index is 6.05. The van der Waals surface area contributed by atoms with Crippen LogP contribution in [0.15, 0.2) is 12.1 Å². The number of rotatable bonds is 6. The Morgan fingerprint density at radius 3 is 2.65 bits per heavy atom. The van der Waals surface area contributed by atoms with Crippen molar-refractivity contribution in [3.63, 3.8) is 0 Å². The minimum absolute atomic E-state index is 0.372. The zero-order valence-corrected chi connectivity index (χ0v) is 14.1. The van der Waals surface area contributed by atoms with Gasteiger partial charge in [0.05, 0.1) is 10.0 Å². The third-order valence-electron chi connectivity index (χ3n) is 3.73. The van der Waals surface area contributed by atoms with Crippen LogP contribution in [0.5, 0.6) is 0 Å². The van der Waals surface area contributed by atoms with E-state index in [-0.39, 0.29) is 0 Å². The van der Waals surface area contributed by atoms with E-state index < -0.39 is 0 Å². The molecule has 0 aliphatic carbocycles. The van der Waals surface area contributed by atoms with Crippen LogP contribution >= 0.6 is 22.9 Å². The molecule has 2 heterocycles. The molecule has 110 valence electrons. The average molecular weight is 312 g/mol. The fraction of sp³-hybridized carbons (Fsp3) is 0.533. The Morgan fingerprint density at radius 2 is 2.15 bits per heavy atom. The summed E-state index contributed by atoms with van der Waals surface area (Å²) in [4.78, 5) is 1.32. The van der Waals surface area contributed by atoms with Crippen LogP contribution in [0, 0.1) is 13.8 Å². The van der Waals surface area contributed by atoms with Gasteiger partial charge in [0.15, 0.2) is 0 Å². The number of nitrogens with one attached hydrogen (secondary N) is 1. The van der Waals surface area contributed by atoms with E-state index in [0.29, 0.717) is 6.04 Å². The van der Waals surface area contributed by atoms with E-state index in [1.165, 1.54) is 16.1 Å². The highest BCUT2D eigenvalue weighted by atomic mass is 35.5. The molecule has 0 aromatic carbocycles. The van der Waals surface area contributed by atoms with Gasteiger partial charge in [0, 0.05) is 23.7 Å². The maximum atomic E-state index is 6.05. The fourth-order valence-electron chi connectivity index (χ4n) is 2.57. The minimum Gasteiger partial charge on any atom is -0.310 e. The average Bonchev–Trinajstić information content (AvgIpc) is 2.92. The first kappa shape index (κ1) is 15.5. The summed E-state index contributed by atoms with van der Waals surface area (Å²) in [6.07, 6.45) is 2.11. The van der Waals surface area contributed by atoms with Crippen molar-refractivity contribution in [3.8, 4) is 0 Å². The normalized spacial score (nSPS) is 12.8. The predicted molar refractivity (Wildman–Crippen MR) is 86.7 cm³/mol. The summed E-state index contributed by atoms with van der Waals surface area (Å²) >= 11 is 7.72. The molecule has 20 heavy (non-hydrogen) atoms. The van der Waals surface area contributed by atoms with E-state index in [1.807, 2.05) is 17.8 Å². The first-order valence-corrected chi connectivity index (χ1v) is 8.20. The van der Waals surface area contributed by atoms with Gasteiger partial charge in [-0.1, -0.05) is 18.5 Å². The lowest BCUT2D eigenvalue weighted by molar-refractivity contribution is 0.522. The Labute approximate surface area is 130 Å². The van der Waals surface area contributed by atoms with Crippen molar-refractivity contribution in [3.05, 3.63) is 38.3 Å². The van der Waals surface area contributed by atoms with Crippen LogP contribution < -0.4 is 5.32 Å². The fourth-order valence-corrected chi connectivity index (χ4v) is 3.75. The molecule has 0 saturated carbocycles. The Morgan fingerprint density at radius 1 is 1.40 bits per heavy atom. The molecule has 0 radical (unpaired) electrons. The van der Waals surface area contributed by atoms with Crippen LogP contribution in [-0.4, -0.2) is 16.3 Å². The molecule has 0 amide bonds. The van der Waals surface area contributed by atoms with Gasteiger partial charge in [0.1, 0.15) is 0 Å². The molecule has 3 nitrogen and oxygen atoms in total. The number of aryl methyl sites for hydroxylation is 2. The molecule has 2 aromatic heterocycles. The largest absolute Gasteiger partial charge is 0.310 e. The van der Waals surface area contributed by atoms with Crippen molar-refractivity contribution in [2.24, 2.45) is 7.05 Å². The Hall–Kier alpha value is -0.840. The summed E-state index contributed by atoms with van der Waals surface area (Å²) in [6, 6.07) is 4.48. The second-order valence-electron chi connectivity index (χ2n) is 5.06. The Balaban J connectivity index is 2.09. The van der Waals surface area contributed by atoms with Gasteiger partial charge in [-0.15, -0.1) is 11.3 Å². The lowest BCUT2D eigenvalue weighted by Gasteiger charge is -2.16. The van der Waals surface area contributed by atoms with Crippen molar-refractivity contribution >= 4 is 22.9 Å². The molecule has 1 N–H and O–H groups in total. The van der Waals surface area contributed by atoms with Gasteiger partial charge in [-0.3, -0.25) is 4.68 Å². The molecule has 1 unspecified atom stereocenters. The zero-order valence-electron chi connectivity index (χ0n) is 12.5. The summed E-state index contributed by atoms with van der Waals surface area (Å²) in [5.74, 6) is 0. The van der Waals surface area contributed by atoms with Crippen LogP contribution in [0.2, 0.25) is 4.34 Å². The number of aromatic nitrogens is 2. The summed E-state index contributed by atoms with van der Waals surface area (Å²) in [5, 5.41) is 8.04. The van der Waals surface area contributed by atoms with Crippen molar-refractivity contribution in [2.75, 3.05) is 6.54 Å². The topological polar surface area (TPSA) is 29.9 Å². The molecule has 0 spiro atoms. The lowest BCUT2D eigenvalue weighted by Crippen LogP contribution is -2.20. The molecule has 2 rings (SSSR count). The molecule has 2 aromatic rings. The third kappa shape index (κ3) is 3.43. The quantitative estimate of drug-likeness (QED) is 0.872. The second kappa shape index (κ2) is 6.74. The highest BCUT2D eigenvalue weighted by molar-refractivity contribution is 7.16. The summed E-state index contributed by atoms with van der Waals surface area (Å²) < 4.78 is 2.83. The van der Waals surface area contributed by atoms with E-state index in [1.54, 1.807) is 11.3 Å². The maximum Gasteiger partial charge on any atom is 0.0931 e. The number of hydrogen-bond donors (Lipinski definition) is 1. The molecule has 0 fully saturated rings. The van der Waals surface area contributed by atoms with Gasteiger partial charge in [-0.2, -0.15) is 5.10 Å². The Kier molecular flexibility index (Phi) is 5.24. The third-order valence-corrected chi connectivity index (χ3v) is 5.07. The molecular weight excluding hydrogens is 290 g/mol. The molecule has 0 bridgehead atoms. The van der Waals surface area contributed by atoms with Gasteiger partial charge >= 0.3 is 0 Å². The second-order valence-corrected chi connectivity index (χ2v) is 6.81. The van der Waals surface area contributed by atoms with Crippen molar-refractivity contribution < 1.29 is 0 Å². The number of thiophene rings is 1. The van der Waals surface area contributed by atoms with Crippen LogP contribution in [0.4, 0.5) is 0 Å². The zero-order chi connectivity index (χ0) is 14.7. The van der Waals surface area contributed by atoms with Crippen LogP contribution in [0.3, 0.4) is 0 Å². The SMILES string of the molecule is CCNC(CCc1c(C)nn(C)c1C)c1ccc(Cl)s1. The summed E-state index contributed by atoms with van der Waals surface area (Å²) in [7, 11) is 2.01. The van der Waals surface area contributed by atoms with Crippen molar-refractivity contribution in [2.45, 2.75) is 39.7 Å². The van der Waals surface area contributed by atoms with E-state index in [4.69, 9.17) is 11.6 Å². The van der Waals surface area contributed by atoms with Gasteiger partial charge < -0.3 is 5.32 Å². The lowest BCUT2D eigenvalue weighted by atomic mass is 10.0. The summed E-state index contributed by atoms with van der Waals surface area (Å²) in [6.45, 7) is 7.33. The molecule has 0 saturated heterocycles. The van der Waals surface area contributed by atoms with Gasteiger partial charge in [-0.05, 0) is 50.9 Å². The number of nitrogens with zero attached hydrogens (tertiary/aromatic N) is 2. The first-order valence-electron chi connectivity index (χ1n) is 7.00. The standard InChI is InChI=1S/C15H22ClN3S/c1-5-17-13(14-8-9-15(16)20-14)7-6-12-10(2)18-19(4)11(12)3/h8-9,13,17H,5-7H2,1-4H3. The molecule has 1 atom stereocenters. The van der Waals surface area contributed by atoms with E-state index in [0.717, 1.165) is 29.4 Å². The molecule has 5 heteroatoms. The van der Waals surface area contributed by atoms with E-state index in [9.17, 15) is 0 Å². The predicted octanol–water partition coefficient (Wildman–Crippen LogP) is 4.04. The van der Waals surface area contributed by atoms with Crippen LogP contribution in [0.25, 0.3) is 0 Å². The Bertz CT molecular complexity index is 574. The minimum atomic E-state index is 0.372. The van der Waals surface area contributed by atoms with Crippen molar-refractivity contribution in [1.82, 2.24) is 15.1 Å². The van der Waals surface area contributed by atoms with Crippen LogP contribution in [0.1, 0.15) is 41.2 Å². The molecule has 0 aliphatic heterocycles. The van der Waals surface area contributed by atoms with Gasteiger partial charge in [0.2, 0.25) is 0 Å². The monoisotopic (exact) mass is 311 g/mol.